The van der Waals surface area contributed by atoms with Crippen molar-refractivity contribution >= 4 is 61.4 Å². The molecule has 0 aliphatic heterocycles. The molecule has 0 bridgehead atoms. The SMILES string of the molecule is CCCSc1nnc(NC(=O)[C@@H](CC)N(c2ccc(C)c(Cl)c2)S(C)(=O)=O)s1. The number of thioether (sulfide) groups is 1. The second kappa shape index (κ2) is 9.91. The molecule has 2 aromatic rings. The van der Waals surface area contributed by atoms with Crippen molar-refractivity contribution in [3.8, 4) is 0 Å². The van der Waals surface area contributed by atoms with Gasteiger partial charge in [-0.1, -0.05) is 54.6 Å². The van der Waals surface area contributed by atoms with Crippen molar-refractivity contribution in [2.45, 2.75) is 44.0 Å². The van der Waals surface area contributed by atoms with Crippen LogP contribution in [0.5, 0.6) is 0 Å². The number of hydrogen-bond donors (Lipinski definition) is 1. The number of hydrogen-bond acceptors (Lipinski definition) is 7. The normalized spacial score (nSPS) is 12.6. The van der Waals surface area contributed by atoms with Crippen LogP contribution in [0.2, 0.25) is 5.02 Å². The number of amides is 1. The van der Waals surface area contributed by atoms with Crippen LogP contribution in [0.15, 0.2) is 22.5 Å². The molecule has 1 N–H and O–H groups in total. The van der Waals surface area contributed by atoms with E-state index < -0.39 is 22.0 Å². The summed E-state index contributed by atoms with van der Waals surface area (Å²) in [7, 11) is -3.73. The third-order valence-corrected chi connectivity index (χ3v) is 7.57. The van der Waals surface area contributed by atoms with Gasteiger partial charge in [0.15, 0.2) is 4.34 Å². The fourth-order valence-corrected chi connectivity index (χ4v) is 5.53. The minimum absolute atomic E-state index is 0.278. The largest absolute Gasteiger partial charge is 0.299 e. The molecule has 1 amide bonds. The highest BCUT2D eigenvalue weighted by atomic mass is 35.5. The third-order valence-electron chi connectivity index (χ3n) is 3.81. The molecule has 0 saturated carbocycles. The number of halogens is 1. The molecule has 0 radical (unpaired) electrons. The Labute approximate surface area is 178 Å². The summed E-state index contributed by atoms with van der Waals surface area (Å²) in [5.74, 6) is 0.448. The molecule has 1 aromatic carbocycles. The number of anilines is 2. The quantitative estimate of drug-likeness (QED) is 0.443. The maximum absolute atomic E-state index is 12.9. The fourth-order valence-electron chi connectivity index (χ4n) is 2.48. The number of aromatic nitrogens is 2. The first-order chi connectivity index (χ1) is 13.2. The summed E-state index contributed by atoms with van der Waals surface area (Å²) in [6, 6.07) is 3.98. The van der Waals surface area contributed by atoms with E-state index >= 15 is 0 Å². The number of rotatable bonds is 9. The highest BCUT2D eigenvalue weighted by molar-refractivity contribution is 8.01. The van der Waals surface area contributed by atoms with Crippen molar-refractivity contribution in [3.05, 3.63) is 28.8 Å². The number of carbonyl (C=O) groups excluding carboxylic acids is 1. The van der Waals surface area contributed by atoms with Crippen molar-refractivity contribution in [3.63, 3.8) is 0 Å². The zero-order valence-electron chi connectivity index (χ0n) is 16.1. The molecular weight excluding hydrogens is 440 g/mol. The summed E-state index contributed by atoms with van der Waals surface area (Å²) in [6.45, 7) is 5.64. The Bertz CT molecular complexity index is 933. The monoisotopic (exact) mass is 462 g/mol. The Morgan fingerprint density at radius 2 is 2.07 bits per heavy atom. The van der Waals surface area contributed by atoms with Crippen molar-refractivity contribution in [2.24, 2.45) is 0 Å². The van der Waals surface area contributed by atoms with E-state index in [0.29, 0.717) is 15.8 Å². The lowest BCUT2D eigenvalue weighted by Gasteiger charge is -2.30. The van der Waals surface area contributed by atoms with Crippen LogP contribution < -0.4 is 9.62 Å². The van der Waals surface area contributed by atoms with E-state index in [9.17, 15) is 13.2 Å². The Hall–Kier alpha value is -1.36. The fraction of sp³-hybridized carbons (Fsp3) is 0.471. The molecule has 0 aliphatic rings. The Morgan fingerprint density at radius 3 is 2.64 bits per heavy atom. The van der Waals surface area contributed by atoms with Crippen LogP contribution in [0.25, 0.3) is 0 Å². The Kier molecular flexibility index (Phi) is 8.11. The van der Waals surface area contributed by atoms with E-state index in [4.69, 9.17) is 11.6 Å². The van der Waals surface area contributed by atoms with Gasteiger partial charge in [-0.25, -0.2) is 8.42 Å². The van der Waals surface area contributed by atoms with E-state index in [0.717, 1.165) is 32.6 Å². The van der Waals surface area contributed by atoms with Crippen molar-refractivity contribution in [1.29, 1.82) is 0 Å². The summed E-state index contributed by atoms with van der Waals surface area (Å²) >= 11 is 9.00. The number of nitrogens with one attached hydrogen (secondary N) is 1. The summed E-state index contributed by atoms with van der Waals surface area (Å²) in [6.07, 6.45) is 2.36. The highest BCUT2D eigenvalue weighted by Gasteiger charge is 2.32. The summed E-state index contributed by atoms with van der Waals surface area (Å²) in [5, 5.41) is 11.5. The van der Waals surface area contributed by atoms with Gasteiger partial charge >= 0.3 is 0 Å². The number of sulfonamides is 1. The van der Waals surface area contributed by atoms with Gasteiger partial charge in [0.05, 0.1) is 11.9 Å². The molecule has 0 saturated heterocycles. The molecule has 7 nitrogen and oxygen atoms in total. The lowest BCUT2D eigenvalue weighted by molar-refractivity contribution is -0.117. The number of benzene rings is 1. The highest BCUT2D eigenvalue weighted by Crippen LogP contribution is 2.29. The van der Waals surface area contributed by atoms with Crippen LogP contribution in [-0.4, -0.2) is 42.6 Å². The van der Waals surface area contributed by atoms with Gasteiger partial charge in [-0.3, -0.25) is 14.4 Å². The van der Waals surface area contributed by atoms with Crippen LogP contribution in [-0.2, 0) is 14.8 Å². The molecule has 0 aliphatic carbocycles. The van der Waals surface area contributed by atoms with Gasteiger partial charge in [0.2, 0.25) is 21.1 Å². The predicted octanol–water partition coefficient (Wildman–Crippen LogP) is 4.19. The molecule has 28 heavy (non-hydrogen) atoms. The minimum Gasteiger partial charge on any atom is -0.299 e. The maximum Gasteiger partial charge on any atom is 0.250 e. The van der Waals surface area contributed by atoms with E-state index in [2.05, 4.69) is 22.4 Å². The minimum atomic E-state index is -3.73. The van der Waals surface area contributed by atoms with Crippen LogP contribution in [0.3, 0.4) is 0 Å². The van der Waals surface area contributed by atoms with Gasteiger partial charge in [0, 0.05) is 10.8 Å². The van der Waals surface area contributed by atoms with Gasteiger partial charge in [0.1, 0.15) is 6.04 Å². The van der Waals surface area contributed by atoms with Gasteiger partial charge in [-0.05, 0) is 37.5 Å². The van der Waals surface area contributed by atoms with Gasteiger partial charge in [0.25, 0.3) is 0 Å². The molecule has 1 heterocycles. The second-order valence-corrected chi connectivity index (χ2v) is 10.7. The van der Waals surface area contributed by atoms with Crippen LogP contribution in [0.1, 0.15) is 32.3 Å². The second-order valence-electron chi connectivity index (χ2n) is 6.13. The van der Waals surface area contributed by atoms with Gasteiger partial charge < -0.3 is 0 Å². The Morgan fingerprint density at radius 1 is 1.36 bits per heavy atom. The van der Waals surface area contributed by atoms with Gasteiger partial charge in [-0.2, -0.15) is 0 Å². The number of carbonyl (C=O) groups is 1. The molecular formula is C17H23ClN4O3S3. The molecule has 1 atom stereocenters. The van der Waals surface area contributed by atoms with E-state index in [1.807, 2.05) is 6.92 Å². The Balaban J connectivity index is 2.28. The van der Waals surface area contributed by atoms with Gasteiger partial charge in [-0.15, -0.1) is 10.2 Å². The first kappa shape index (κ1) is 22.9. The van der Waals surface area contributed by atoms with Crippen molar-refractivity contribution < 1.29 is 13.2 Å². The topological polar surface area (TPSA) is 92.3 Å². The summed E-state index contributed by atoms with van der Waals surface area (Å²) < 4.78 is 26.8. The molecule has 1 aromatic heterocycles. The first-order valence-electron chi connectivity index (χ1n) is 8.70. The van der Waals surface area contributed by atoms with Crippen molar-refractivity contribution in [1.82, 2.24) is 10.2 Å². The number of nitrogens with zero attached hydrogens (tertiary/aromatic N) is 3. The van der Waals surface area contributed by atoms with Crippen LogP contribution in [0.4, 0.5) is 10.8 Å². The average molecular weight is 463 g/mol. The van der Waals surface area contributed by atoms with E-state index in [1.165, 1.54) is 11.3 Å². The van der Waals surface area contributed by atoms with Crippen LogP contribution in [0, 0.1) is 6.92 Å². The lowest BCUT2D eigenvalue weighted by Crippen LogP contribution is -2.47. The third kappa shape index (κ3) is 5.82. The van der Waals surface area contributed by atoms with E-state index in [1.54, 1.807) is 36.9 Å². The maximum atomic E-state index is 12.9. The molecule has 2 rings (SSSR count). The lowest BCUT2D eigenvalue weighted by atomic mass is 10.1. The molecule has 0 fully saturated rings. The smallest absolute Gasteiger partial charge is 0.250 e. The molecule has 154 valence electrons. The molecule has 0 spiro atoms. The molecule has 0 unspecified atom stereocenters. The van der Waals surface area contributed by atoms with Crippen LogP contribution >= 0.6 is 34.7 Å². The van der Waals surface area contributed by atoms with Crippen molar-refractivity contribution in [2.75, 3.05) is 21.6 Å². The predicted molar refractivity (Wildman–Crippen MR) is 117 cm³/mol. The first-order valence-corrected chi connectivity index (χ1v) is 12.7. The number of aryl methyl sites for hydroxylation is 1. The zero-order chi connectivity index (χ0) is 20.9. The summed E-state index contributed by atoms with van der Waals surface area (Å²) in [5.41, 5.74) is 1.17. The standard InChI is InChI=1S/C17H23ClN4O3S3/c1-5-9-26-17-21-20-16(27-17)19-15(23)14(6-2)22(28(4,24)25)12-8-7-11(3)13(18)10-12/h7-8,10,14H,5-6,9H2,1-4H3,(H,19,20,23)/t14-/m1/s1. The molecule has 11 heteroatoms. The summed E-state index contributed by atoms with van der Waals surface area (Å²) in [4.78, 5) is 12.9. The zero-order valence-corrected chi connectivity index (χ0v) is 19.3. The average Bonchev–Trinajstić information content (AvgIpc) is 3.06. The van der Waals surface area contributed by atoms with E-state index in [-0.39, 0.29) is 6.42 Å².